The Morgan fingerprint density at radius 3 is 2.38 bits per heavy atom. The van der Waals surface area contributed by atoms with E-state index in [1.807, 2.05) is 18.2 Å². The molecule has 0 aromatic heterocycles. The monoisotopic (exact) mass is 324 g/mol. The number of nitrogens with zero attached hydrogens (tertiary/aromatic N) is 1. The van der Waals surface area contributed by atoms with Crippen LogP contribution in [-0.2, 0) is 0 Å². The van der Waals surface area contributed by atoms with Crippen molar-refractivity contribution < 1.29 is 9.18 Å². The van der Waals surface area contributed by atoms with Crippen LogP contribution in [-0.4, -0.2) is 36.5 Å². The number of benzene rings is 2. The standard InChI is InChI=1S/C20H21FN2O/c21-18-4-2-1-3-17(18)14-5-7-16(8-6-14)20(24)22-19-13-23-11-9-15(19)10-12-23/h1-8,15,19H,9-13H2,(H,22,24)/t19-/m1/s1. The average molecular weight is 324 g/mol. The second-order valence-electron chi connectivity index (χ2n) is 6.78. The Hall–Kier alpha value is -2.20. The van der Waals surface area contributed by atoms with E-state index in [1.54, 1.807) is 24.3 Å². The molecule has 2 aromatic carbocycles. The molecule has 3 saturated heterocycles. The molecule has 3 nitrogen and oxygen atoms in total. The van der Waals surface area contributed by atoms with E-state index >= 15 is 0 Å². The summed E-state index contributed by atoms with van der Waals surface area (Å²) >= 11 is 0. The number of hydrogen-bond donors (Lipinski definition) is 1. The van der Waals surface area contributed by atoms with Crippen LogP contribution < -0.4 is 5.32 Å². The van der Waals surface area contributed by atoms with Gasteiger partial charge in [0.1, 0.15) is 5.82 Å². The van der Waals surface area contributed by atoms with Gasteiger partial charge in [0.2, 0.25) is 0 Å². The Balaban J connectivity index is 1.47. The SMILES string of the molecule is O=C(N[C@@H]1CN2CCC1CC2)c1ccc(-c2ccccc2F)cc1. The molecule has 0 unspecified atom stereocenters. The second-order valence-corrected chi connectivity index (χ2v) is 6.78. The fourth-order valence-electron chi connectivity index (χ4n) is 3.88. The first-order chi connectivity index (χ1) is 11.7. The highest BCUT2D eigenvalue weighted by molar-refractivity contribution is 5.95. The number of halogens is 1. The molecule has 1 amide bonds. The fourth-order valence-corrected chi connectivity index (χ4v) is 3.88. The zero-order valence-electron chi connectivity index (χ0n) is 13.5. The molecule has 3 aliphatic heterocycles. The maximum Gasteiger partial charge on any atom is 0.251 e. The van der Waals surface area contributed by atoms with Crippen molar-refractivity contribution in [1.29, 1.82) is 0 Å². The molecular weight excluding hydrogens is 303 g/mol. The number of hydrogen-bond acceptors (Lipinski definition) is 2. The van der Waals surface area contributed by atoms with Crippen LogP contribution in [0.3, 0.4) is 0 Å². The van der Waals surface area contributed by atoms with E-state index in [2.05, 4.69) is 10.2 Å². The molecule has 1 atom stereocenters. The lowest BCUT2D eigenvalue weighted by Crippen LogP contribution is -2.57. The largest absolute Gasteiger partial charge is 0.348 e. The van der Waals surface area contributed by atoms with Crippen molar-refractivity contribution >= 4 is 5.91 Å². The average Bonchev–Trinajstić information content (AvgIpc) is 2.63. The molecule has 3 heterocycles. The van der Waals surface area contributed by atoms with E-state index < -0.39 is 0 Å². The van der Waals surface area contributed by atoms with Gasteiger partial charge in [-0.15, -0.1) is 0 Å². The van der Waals surface area contributed by atoms with Crippen molar-refractivity contribution in [1.82, 2.24) is 10.2 Å². The Morgan fingerprint density at radius 1 is 1.04 bits per heavy atom. The maximum absolute atomic E-state index is 13.8. The molecule has 0 aliphatic carbocycles. The Morgan fingerprint density at radius 2 is 1.75 bits per heavy atom. The molecule has 0 spiro atoms. The lowest BCUT2D eigenvalue weighted by Gasteiger charge is -2.44. The van der Waals surface area contributed by atoms with Gasteiger partial charge in [0, 0.05) is 23.7 Å². The minimum atomic E-state index is -0.248. The first-order valence-corrected chi connectivity index (χ1v) is 8.59. The Bertz CT molecular complexity index is 736. The Labute approximate surface area is 141 Å². The van der Waals surface area contributed by atoms with Gasteiger partial charge >= 0.3 is 0 Å². The van der Waals surface area contributed by atoms with Crippen LogP contribution in [0.4, 0.5) is 4.39 Å². The normalized spacial score (nSPS) is 25.5. The molecule has 2 bridgehead atoms. The third-order valence-corrected chi connectivity index (χ3v) is 5.30. The molecule has 24 heavy (non-hydrogen) atoms. The molecule has 0 saturated carbocycles. The van der Waals surface area contributed by atoms with Crippen LogP contribution in [0.2, 0.25) is 0 Å². The van der Waals surface area contributed by atoms with Crippen LogP contribution in [0.1, 0.15) is 23.2 Å². The van der Waals surface area contributed by atoms with Gasteiger partial charge in [0.25, 0.3) is 5.91 Å². The summed E-state index contributed by atoms with van der Waals surface area (Å²) < 4.78 is 13.8. The van der Waals surface area contributed by atoms with Crippen molar-refractivity contribution in [2.24, 2.45) is 5.92 Å². The minimum Gasteiger partial charge on any atom is -0.348 e. The van der Waals surface area contributed by atoms with Crippen molar-refractivity contribution in [3.8, 4) is 11.1 Å². The van der Waals surface area contributed by atoms with Gasteiger partial charge in [-0.25, -0.2) is 4.39 Å². The summed E-state index contributed by atoms with van der Waals surface area (Å²) in [7, 11) is 0. The molecular formula is C20H21FN2O. The molecule has 2 aromatic rings. The van der Waals surface area contributed by atoms with Gasteiger partial charge in [-0.3, -0.25) is 4.79 Å². The number of fused-ring (bicyclic) bond motifs is 3. The van der Waals surface area contributed by atoms with Gasteiger partial charge in [-0.05, 0) is 55.6 Å². The lowest BCUT2D eigenvalue weighted by molar-refractivity contribution is 0.0620. The number of carbonyl (C=O) groups is 1. The predicted octanol–water partition coefficient (Wildman–Crippen LogP) is 3.32. The topological polar surface area (TPSA) is 32.3 Å². The van der Waals surface area contributed by atoms with Gasteiger partial charge in [0.05, 0.1) is 0 Å². The van der Waals surface area contributed by atoms with Crippen molar-refractivity contribution in [2.45, 2.75) is 18.9 Å². The first kappa shape index (κ1) is 15.3. The summed E-state index contributed by atoms with van der Waals surface area (Å²) in [5.74, 6) is 0.326. The zero-order chi connectivity index (χ0) is 16.5. The third-order valence-electron chi connectivity index (χ3n) is 5.30. The fraction of sp³-hybridized carbons (Fsp3) is 0.350. The number of amides is 1. The summed E-state index contributed by atoms with van der Waals surface area (Å²) in [4.78, 5) is 14.9. The molecule has 4 heteroatoms. The minimum absolute atomic E-state index is 0.0335. The van der Waals surface area contributed by atoms with Crippen molar-refractivity contribution in [3.63, 3.8) is 0 Å². The van der Waals surface area contributed by atoms with Crippen LogP contribution >= 0.6 is 0 Å². The predicted molar refractivity (Wildman–Crippen MR) is 92.3 cm³/mol. The molecule has 1 N–H and O–H groups in total. The molecule has 5 rings (SSSR count). The molecule has 124 valence electrons. The highest BCUT2D eigenvalue weighted by atomic mass is 19.1. The zero-order valence-corrected chi connectivity index (χ0v) is 13.5. The van der Waals surface area contributed by atoms with E-state index in [-0.39, 0.29) is 17.8 Å². The van der Waals surface area contributed by atoms with Crippen LogP contribution in [0.5, 0.6) is 0 Å². The van der Waals surface area contributed by atoms with E-state index in [0.29, 0.717) is 17.0 Å². The first-order valence-electron chi connectivity index (χ1n) is 8.59. The van der Waals surface area contributed by atoms with Crippen molar-refractivity contribution in [2.75, 3.05) is 19.6 Å². The molecule has 3 fully saturated rings. The van der Waals surface area contributed by atoms with E-state index in [0.717, 1.165) is 25.2 Å². The Kier molecular flexibility index (Phi) is 4.07. The summed E-state index contributed by atoms with van der Waals surface area (Å²) in [6.07, 6.45) is 2.36. The van der Waals surface area contributed by atoms with Crippen LogP contribution in [0, 0.1) is 11.7 Å². The van der Waals surface area contributed by atoms with Crippen molar-refractivity contribution in [3.05, 3.63) is 59.9 Å². The van der Waals surface area contributed by atoms with Gasteiger partial charge < -0.3 is 10.2 Å². The summed E-state index contributed by atoms with van der Waals surface area (Å²) in [5, 5.41) is 3.18. The number of piperidine rings is 3. The maximum atomic E-state index is 13.8. The lowest BCUT2D eigenvalue weighted by atomic mass is 9.84. The molecule has 0 radical (unpaired) electrons. The smallest absolute Gasteiger partial charge is 0.251 e. The summed E-state index contributed by atoms with van der Waals surface area (Å²) in [5.41, 5.74) is 1.97. The summed E-state index contributed by atoms with van der Waals surface area (Å²) in [6.45, 7) is 3.28. The summed E-state index contributed by atoms with van der Waals surface area (Å²) in [6, 6.07) is 14.1. The van der Waals surface area contributed by atoms with Gasteiger partial charge in [-0.1, -0.05) is 30.3 Å². The second kappa shape index (κ2) is 6.36. The van der Waals surface area contributed by atoms with Crippen LogP contribution in [0.25, 0.3) is 11.1 Å². The van der Waals surface area contributed by atoms with Crippen LogP contribution in [0.15, 0.2) is 48.5 Å². The number of rotatable bonds is 3. The molecule has 3 aliphatic rings. The van der Waals surface area contributed by atoms with E-state index in [9.17, 15) is 9.18 Å². The van der Waals surface area contributed by atoms with Gasteiger partial charge in [-0.2, -0.15) is 0 Å². The van der Waals surface area contributed by atoms with Gasteiger partial charge in [0.15, 0.2) is 0 Å². The highest BCUT2D eigenvalue weighted by Gasteiger charge is 2.34. The van der Waals surface area contributed by atoms with E-state index in [4.69, 9.17) is 0 Å². The third kappa shape index (κ3) is 2.94. The number of nitrogens with one attached hydrogen (secondary N) is 1. The number of carbonyl (C=O) groups excluding carboxylic acids is 1. The highest BCUT2D eigenvalue weighted by Crippen LogP contribution is 2.28. The quantitative estimate of drug-likeness (QED) is 0.939. The van der Waals surface area contributed by atoms with E-state index in [1.165, 1.54) is 18.9 Å².